The van der Waals surface area contributed by atoms with Gasteiger partial charge in [0.05, 0.1) is 19.8 Å². The van der Waals surface area contributed by atoms with Gasteiger partial charge in [-0.05, 0) is 19.4 Å². The SMILES string of the molecule is CCCCCCN1C(C(=O)OC)=C(C(=O)OC)C=CC1C. The third-order valence-corrected chi connectivity index (χ3v) is 3.61. The predicted molar refractivity (Wildman–Crippen MR) is 80.5 cm³/mol. The lowest BCUT2D eigenvalue weighted by molar-refractivity contribution is -0.140. The van der Waals surface area contributed by atoms with Crippen molar-refractivity contribution in [3.05, 3.63) is 23.4 Å². The third-order valence-electron chi connectivity index (χ3n) is 3.61. The quantitative estimate of drug-likeness (QED) is 0.533. The topological polar surface area (TPSA) is 55.8 Å². The van der Waals surface area contributed by atoms with Crippen molar-refractivity contribution in [3.63, 3.8) is 0 Å². The minimum absolute atomic E-state index is 0.0501. The van der Waals surface area contributed by atoms with Crippen molar-refractivity contribution < 1.29 is 19.1 Å². The van der Waals surface area contributed by atoms with E-state index in [-0.39, 0.29) is 11.6 Å². The predicted octanol–water partition coefficient (Wildman–Crippen LogP) is 2.43. The number of carbonyl (C=O) groups excluding carboxylic acids is 2. The fourth-order valence-corrected chi connectivity index (χ4v) is 2.40. The fraction of sp³-hybridized carbons (Fsp3) is 0.625. The van der Waals surface area contributed by atoms with E-state index in [1.165, 1.54) is 20.6 Å². The highest BCUT2D eigenvalue weighted by atomic mass is 16.5. The minimum Gasteiger partial charge on any atom is -0.465 e. The number of ether oxygens (including phenoxy) is 2. The van der Waals surface area contributed by atoms with E-state index < -0.39 is 11.9 Å². The average molecular weight is 295 g/mol. The Labute approximate surface area is 126 Å². The molecule has 118 valence electrons. The summed E-state index contributed by atoms with van der Waals surface area (Å²) in [6, 6.07) is 0.0501. The van der Waals surface area contributed by atoms with Crippen LogP contribution in [0.25, 0.3) is 0 Å². The van der Waals surface area contributed by atoms with Crippen LogP contribution < -0.4 is 0 Å². The van der Waals surface area contributed by atoms with Gasteiger partial charge in [-0.2, -0.15) is 0 Å². The molecule has 1 atom stereocenters. The second-order valence-corrected chi connectivity index (χ2v) is 5.10. The standard InChI is InChI=1S/C16H25NO4/c1-5-6-7-8-11-17-12(2)9-10-13(15(18)20-3)14(17)16(19)21-4/h9-10,12H,5-8,11H2,1-4H3. The molecule has 5 heteroatoms. The summed E-state index contributed by atoms with van der Waals surface area (Å²) >= 11 is 0. The zero-order valence-electron chi connectivity index (χ0n) is 13.3. The Morgan fingerprint density at radius 3 is 2.38 bits per heavy atom. The first kappa shape index (κ1) is 17.3. The summed E-state index contributed by atoms with van der Waals surface area (Å²) < 4.78 is 9.60. The van der Waals surface area contributed by atoms with E-state index in [4.69, 9.17) is 9.47 Å². The first-order valence-corrected chi connectivity index (χ1v) is 7.42. The normalized spacial score (nSPS) is 17.9. The molecule has 0 aromatic heterocycles. The number of hydrogen-bond acceptors (Lipinski definition) is 5. The Bertz CT molecular complexity index is 440. The molecule has 1 aliphatic heterocycles. The molecule has 21 heavy (non-hydrogen) atoms. The molecule has 1 unspecified atom stereocenters. The van der Waals surface area contributed by atoms with Crippen LogP contribution in [0.5, 0.6) is 0 Å². The van der Waals surface area contributed by atoms with Gasteiger partial charge in [0.2, 0.25) is 0 Å². The number of nitrogens with zero attached hydrogens (tertiary/aromatic N) is 1. The molecule has 0 amide bonds. The number of methoxy groups -OCH3 is 2. The maximum Gasteiger partial charge on any atom is 0.355 e. The second kappa shape index (κ2) is 8.49. The van der Waals surface area contributed by atoms with Crippen LogP contribution in [0.3, 0.4) is 0 Å². The van der Waals surface area contributed by atoms with Crippen molar-refractivity contribution in [2.75, 3.05) is 20.8 Å². The molecule has 0 bridgehead atoms. The molecule has 0 saturated carbocycles. The highest BCUT2D eigenvalue weighted by Gasteiger charge is 2.31. The highest BCUT2D eigenvalue weighted by molar-refractivity contribution is 6.02. The molecule has 5 nitrogen and oxygen atoms in total. The zero-order chi connectivity index (χ0) is 15.8. The van der Waals surface area contributed by atoms with Crippen molar-refractivity contribution in [2.45, 2.75) is 45.6 Å². The van der Waals surface area contributed by atoms with E-state index in [0.29, 0.717) is 5.70 Å². The first-order valence-electron chi connectivity index (χ1n) is 7.42. The molecule has 0 fully saturated rings. The molecule has 0 radical (unpaired) electrons. The van der Waals surface area contributed by atoms with E-state index in [9.17, 15) is 9.59 Å². The molecule has 1 aliphatic rings. The maximum atomic E-state index is 12.1. The van der Waals surface area contributed by atoms with Crippen LogP contribution in [-0.4, -0.2) is 43.6 Å². The van der Waals surface area contributed by atoms with Crippen molar-refractivity contribution in [3.8, 4) is 0 Å². The van der Waals surface area contributed by atoms with Crippen LogP contribution in [0.4, 0.5) is 0 Å². The lowest BCUT2D eigenvalue weighted by atomic mass is 10.0. The van der Waals surface area contributed by atoms with Crippen molar-refractivity contribution >= 4 is 11.9 Å². The molecule has 1 rings (SSSR count). The number of hydrogen-bond donors (Lipinski definition) is 0. The van der Waals surface area contributed by atoms with Gasteiger partial charge in [0.15, 0.2) is 0 Å². The summed E-state index contributed by atoms with van der Waals surface area (Å²) in [5.74, 6) is -1.01. The lowest BCUT2D eigenvalue weighted by Gasteiger charge is -2.34. The van der Waals surface area contributed by atoms with Gasteiger partial charge in [-0.25, -0.2) is 9.59 Å². The molecule has 0 N–H and O–H groups in total. The fourth-order valence-electron chi connectivity index (χ4n) is 2.40. The summed E-state index contributed by atoms with van der Waals surface area (Å²) in [5.41, 5.74) is 0.564. The number of unbranched alkanes of at least 4 members (excludes halogenated alkanes) is 3. The maximum absolute atomic E-state index is 12.1. The van der Waals surface area contributed by atoms with Crippen LogP contribution in [0.15, 0.2) is 23.4 Å². The van der Waals surface area contributed by atoms with E-state index in [1.807, 2.05) is 17.9 Å². The highest BCUT2D eigenvalue weighted by Crippen LogP contribution is 2.24. The first-order chi connectivity index (χ1) is 10.1. The van der Waals surface area contributed by atoms with Crippen molar-refractivity contribution in [2.24, 2.45) is 0 Å². The van der Waals surface area contributed by atoms with Gasteiger partial charge in [-0.1, -0.05) is 32.3 Å². The number of rotatable bonds is 7. The number of carbonyl (C=O) groups is 2. The summed E-state index contributed by atoms with van der Waals surface area (Å²) in [7, 11) is 2.63. The smallest absolute Gasteiger partial charge is 0.355 e. The molecule has 1 heterocycles. The van der Waals surface area contributed by atoms with Crippen LogP contribution in [-0.2, 0) is 19.1 Å². The van der Waals surface area contributed by atoms with E-state index >= 15 is 0 Å². The van der Waals surface area contributed by atoms with Crippen molar-refractivity contribution in [1.29, 1.82) is 0 Å². The van der Waals surface area contributed by atoms with E-state index in [2.05, 4.69) is 6.92 Å². The Hall–Kier alpha value is -1.78. The largest absolute Gasteiger partial charge is 0.465 e. The van der Waals surface area contributed by atoms with Gasteiger partial charge >= 0.3 is 11.9 Å². The van der Waals surface area contributed by atoms with Gasteiger partial charge in [0, 0.05) is 12.6 Å². The Morgan fingerprint density at radius 1 is 1.14 bits per heavy atom. The molecular formula is C16H25NO4. The summed E-state index contributed by atoms with van der Waals surface area (Å²) in [6.07, 6.45) is 7.94. The molecule has 0 saturated heterocycles. The van der Waals surface area contributed by atoms with E-state index in [0.717, 1.165) is 25.8 Å². The average Bonchev–Trinajstić information content (AvgIpc) is 2.50. The van der Waals surface area contributed by atoms with Gasteiger partial charge in [-0.3, -0.25) is 0 Å². The van der Waals surface area contributed by atoms with Gasteiger partial charge in [0.25, 0.3) is 0 Å². The molecule has 0 aromatic rings. The van der Waals surface area contributed by atoms with Crippen LogP contribution in [0.2, 0.25) is 0 Å². The Kier molecular flexibility index (Phi) is 6.99. The molecule has 0 aromatic carbocycles. The minimum atomic E-state index is -0.517. The van der Waals surface area contributed by atoms with E-state index in [1.54, 1.807) is 6.08 Å². The zero-order valence-corrected chi connectivity index (χ0v) is 13.3. The Balaban J connectivity index is 3.00. The van der Waals surface area contributed by atoms with Crippen molar-refractivity contribution in [1.82, 2.24) is 4.90 Å². The van der Waals surface area contributed by atoms with Gasteiger partial charge in [-0.15, -0.1) is 0 Å². The van der Waals surface area contributed by atoms with Crippen LogP contribution in [0.1, 0.15) is 39.5 Å². The lowest BCUT2D eigenvalue weighted by Crippen LogP contribution is -2.39. The molecular weight excluding hydrogens is 270 g/mol. The second-order valence-electron chi connectivity index (χ2n) is 5.10. The summed E-state index contributed by atoms with van der Waals surface area (Å²) in [6.45, 7) is 4.87. The Morgan fingerprint density at radius 2 is 1.81 bits per heavy atom. The summed E-state index contributed by atoms with van der Waals surface area (Å²) in [4.78, 5) is 25.9. The molecule has 0 aliphatic carbocycles. The number of esters is 2. The van der Waals surface area contributed by atoms with Gasteiger partial charge < -0.3 is 14.4 Å². The third kappa shape index (κ3) is 4.34. The monoisotopic (exact) mass is 295 g/mol. The van der Waals surface area contributed by atoms with Crippen LogP contribution >= 0.6 is 0 Å². The summed E-state index contributed by atoms with van der Waals surface area (Å²) in [5, 5.41) is 0. The van der Waals surface area contributed by atoms with Crippen LogP contribution in [0, 0.1) is 0 Å². The molecule has 0 spiro atoms. The van der Waals surface area contributed by atoms with Gasteiger partial charge in [0.1, 0.15) is 5.70 Å².